The fraction of sp³-hybridized carbons (Fsp3) is 0.389. The van der Waals surface area contributed by atoms with Gasteiger partial charge < -0.3 is 4.98 Å². The molecule has 0 saturated carbocycles. The number of thiophene rings is 1. The van der Waals surface area contributed by atoms with Crippen molar-refractivity contribution in [2.75, 3.05) is 0 Å². The van der Waals surface area contributed by atoms with Crippen molar-refractivity contribution in [1.82, 2.24) is 15.0 Å². The van der Waals surface area contributed by atoms with Gasteiger partial charge in [-0.25, -0.2) is 4.98 Å². The number of aryl methyl sites for hydroxylation is 1. The van der Waals surface area contributed by atoms with Crippen molar-refractivity contribution in [2.45, 2.75) is 44.5 Å². The predicted molar refractivity (Wildman–Crippen MR) is 102 cm³/mol. The third kappa shape index (κ3) is 3.70. The summed E-state index contributed by atoms with van der Waals surface area (Å²) in [6.45, 7) is 6.50. The highest BCUT2D eigenvalue weighted by Crippen LogP contribution is 2.31. The van der Waals surface area contributed by atoms with Crippen LogP contribution in [0.25, 0.3) is 10.2 Å². The summed E-state index contributed by atoms with van der Waals surface area (Å²) in [5.41, 5.74) is 2.27. The van der Waals surface area contributed by atoms with E-state index < -0.39 is 0 Å². The number of hydrogen-bond acceptors (Lipinski definition) is 5. The Morgan fingerprint density at radius 1 is 1.42 bits per heavy atom. The average Bonchev–Trinajstić information content (AvgIpc) is 2.89. The maximum atomic E-state index is 12.6. The molecule has 3 aromatic rings. The number of H-pyrrole nitrogens is 1. The molecule has 1 unspecified atom stereocenters. The summed E-state index contributed by atoms with van der Waals surface area (Å²) >= 11 is 3.16. The van der Waals surface area contributed by atoms with Gasteiger partial charge in [-0.2, -0.15) is 0 Å². The van der Waals surface area contributed by atoms with E-state index in [1.165, 1.54) is 22.2 Å². The highest BCUT2D eigenvalue weighted by Gasteiger charge is 2.16. The molecule has 0 fully saturated rings. The Morgan fingerprint density at radius 2 is 2.25 bits per heavy atom. The summed E-state index contributed by atoms with van der Waals surface area (Å²) in [5.74, 6) is 1.31. The van der Waals surface area contributed by atoms with Gasteiger partial charge in [-0.15, -0.1) is 11.3 Å². The van der Waals surface area contributed by atoms with Gasteiger partial charge in [-0.3, -0.25) is 9.78 Å². The first-order valence-corrected chi connectivity index (χ1v) is 9.92. The normalized spacial score (nSPS) is 12.6. The smallest absolute Gasteiger partial charge is 0.260 e. The summed E-state index contributed by atoms with van der Waals surface area (Å²) in [5, 5.41) is 1.45. The SMILES string of the molecule is CCC(C)Cc1c(C)sc2nc(SCc3cccnc3)[nH]c(=O)c12. The number of rotatable bonds is 6. The molecule has 0 radical (unpaired) electrons. The van der Waals surface area contributed by atoms with E-state index in [0.717, 1.165) is 34.4 Å². The van der Waals surface area contributed by atoms with Gasteiger partial charge in [-0.1, -0.05) is 38.1 Å². The molecule has 0 amide bonds. The fourth-order valence-corrected chi connectivity index (χ4v) is 4.50. The third-order valence-corrected chi connectivity index (χ3v) is 6.17. The molecule has 0 aliphatic rings. The van der Waals surface area contributed by atoms with Crippen LogP contribution in [-0.4, -0.2) is 15.0 Å². The molecule has 3 heterocycles. The zero-order valence-corrected chi connectivity index (χ0v) is 15.8. The lowest BCUT2D eigenvalue weighted by molar-refractivity contribution is 0.561. The lowest BCUT2D eigenvalue weighted by Crippen LogP contribution is -2.11. The summed E-state index contributed by atoms with van der Waals surface area (Å²) in [6, 6.07) is 3.94. The molecular formula is C18H21N3OS2. The molecule has 1 N–H and O–H groups in total. The molecule has 1 atom stereocenters. The molecule has 0 saturated heterocycles. The minimum absolute atomic E-state index is 0.0173. The number of thioether (sulfide) groups is 1. The molecule has 126 valence electrons. The highest BCUT2D eigenvalue weighted by atomic mass is 32.2. The summed E-state index contributed by atoms with van der Waals surface area (Å²) in [6.07, 6.45) is 5.65. The molecule has 24 heavy (non-hydrogen) atoms. The first-order chi connectivity index (χ1) is 11.6. The second kappa shape index (κ2) is 7.49. The zero-order chi connectivity index (χ0) is 17.1. The molecule has 0 bridgehead atoms. The molecule has 3 rings (SSSR count). The lowest BCUT2D eigenvalue weighted by atomic mass is 9.98. The van der Waals surface area contributed by atoms with E-state index in [1.54, 1.807) is 17.5 Å². The lowest BCUT2D eigenvalue weighted by Gasteiger charge is -2.08. The standard InChI is InChI=1S/C18H21N3OS2/c1-4-11(2)8-14-12(3)24-17-15(14)16(22)20-18(21-17)23-10-13-6-5-7-19-9-13/h5-7,9,11H,4,8,10H2,1-3H3,(H,20,21,22). The molecule has 3 aromatic heterocycles. The van der Waals surface area contributed by atoms with Crippen molar-refractivity contribution in [3.05, 3.63) is 50.9 Å². The first-order valence-electron chi connectivity index (χ1n) is 8.12. The van der Waals surface area contributed by atoms with Crippen LogP contribution in [0, 0.1) is 12.8 Å². The second-order valence-electron chi connectivity index (χ2n) is 6.06. The van der Waals surface area contributed by atoms with Crippen LogP contribution in [0.1, 0.15) is 36.3 Å². The van der Waals surface area contributed by atoms with Crippen LogP contribution < -0.4 is 5.56 Å². The number of hydrogen-bond donors (Lipinski definition) is 1. The number of fused-ring (bicyclic) bond motifs is 1. The van der Waals surface area contributed by atoms with Crippen molar-refractivity contribution in [3.63, 3.8) is 0 Å². The van der Waals surface area contributed by atoms with Gasteiger partial charge in [0, 0.05) is 23.0 Å². The zero-order valence-electron chi connectivity index (χ0n) is 14.1. The molecule has 0 spiro atoms. The Balaban J connectivity index is 1.89. The van der Waals surface area contributed by atoms with E-state index in [-0.39, 0.29) is 5.56 Å². The van der Waals surface area contributed by atoms with Crippen LogP contribution in [0.5, 0.6) is 0 Å². The monoisotopic (exact) mass is 359 g/mol. The van der Waals surface area contributed by atoms with Crippen LogP contribution in [0.15, 0.2) is 34.5 Å². The Hall–Kier alpha value is -1.66. The highest BCUT2D eigenvalue weighted by molar-refractivity contribution is 7.98. The Labute approximate surface area is 149 Å². The van der Waals surface area contributed by atoms with E-state index in [4.69, 9.17) is 0 Å². The molecule has 4 nitrogen and oxygen atoms in total. The topological polar surface area (TPSA) is 58.6 Å². The quantitative estimate of drug-likeness (QED) is 0.517. The van der Waals surface area contributed by atoms with Crippen molar-refractivity contribution in [1.29, 1.82) is 0 Å². The molecule has 6 heteroatoms. The van der Waals surface area contributed by atoms with Crippen LogP contribution in [-0.2, 0) is 12.2 Å². The van der Waals surface area contributed by atoms with E-state index >= 15 is 0 Å². The van der Waals surface area contributed by atoms with Crippen LogP contribution in [0.3, 0.4) is 0 Å². The van der Waals surface area contributed by atoms with E-state index in [9.17, 15) is 4.79 Å². The fourth-order valence-electron chi connectivity index (χ4n) is 2.60. The van der Waals surface area contributed by atoms with Gasteiger partial charge in [0.2, 0.25) is 0 Å². The summed E-state index contributed by atoms with van der Waals surface area (Å²) in [4.78, 5) is 26.4. The van der Waals surface area contributed by atoms with E-state index in [0.29, 0.717) is 11.1 Å². The van der Waals surface area contributed by atoms with Crippen molar-refractivity contribution < 1.29 is 0 Å². The number of aromatic nitrogens is 3. The van der Waals surface area contributed by atoms with Crippen LogP contribution >= 0.6 is 23.1 Å². The largest absolute Gasteiger partial charge is 0.301 e. The Bertz CT molecular complexity index is 886. The van der Waals surface area contributed by atoms with Crippen LogP contribution in [0.4, 0.5) is 0 Å². The molecule has 0 aromatic carbocycles. The number of aromatic amines is 1. The molecule has 0 aliphatic carbocycles. The number of nitrogens with one attached hydrogen (secondary N) is 1. The average molecular weight is 360 g/mol. The summed E-state index contributed by atoms with van der Waals surface area (Å²) in [7, 11) is 0. The molecule has 0 aliphatic heterocycles. The minimum atomic E-state index is -0.0173. The predicted octanol–water partition coefficient (Wildman–Crippen LogP) is 4.57. The van der Waals surface area contributed by atoms with Crippen molar-refractivity contribution >= 4 is 33.3 Å². The molecular weight excluding hydrogens is 338 g/mol. The number of nitrogens with zero attached hydrogens (tertiary/aromatic N) is 2. The van der Waals surface area contributed by atoms with Gasteiger partial charge in [-0.05, 0) is 36.5 Å². The number of pyridine rings is 1. The second-order valence-corrected chi connectivity index (χ2v) is 8.22. The Kier molecular flexibility index (Phi) is 5.36. The van der Waals surface area contributed by atoms with Crippen molar-refractivity contribution in [2.24, 2.45) is 5.92 Å². The van der Waals surface area contributed by atoms with Gasteiger partial charge >= 0.3 is 0 Å². The Morgan fingerprint density at radius 3 is 2.96 bits per heavy atom. The van der Waals surface area contributed by atoms with Gasteiger partial charge in [0.05, 0.1) is 5.39 Å². The minimum Gasteiger partial charge on any atom is -0.301 e. The van der Waals surface area contributed by atoms with Gasteiger partial charge in [0.1, 0.15) is 4.83 Å². The summed E-state index contributed by atoms with van der Waals surface area (Å²) < 4.78 is 0. The van der Waals surface area contributed by atoms with Crippen LogP contribution in [0.2, 0.25) is 0 Å². The maximum Gasteiger partial charge on any atom is 0.260 e. The third-order valence-electron chi connectivity index (χ3n) is 4.19. The van der Waals surface area contributed by atoms with Crippen molar-refractivity contribution in [3.8, 4) is 0 Å². The van der Waals surface area contributed by atoms with E-state index in [1.807, 2.05) is 18.3 Å². The first kappa shape index (κ1) is 17.2. The van der Waals surface area contributed by atoms with Gasteiger partial charge in [0.25, 0.3) is 5.56 Å². The van der Waals surface area contributed by atoms with E-state index in [2.05, 4.69) is 35.7 Å². The maximum absolute atomic E-state index is 12.6. The van der Waals surface area contributed by atoms with Gasteiger partial charge in [0.15, 0.2) is 5.16 Å².